The van der Waals surface area contributed by atoms with Crippen molar-refractivity contribution in [1.29, 1.82) is 0 Å². The Morgan fingerprint density at radius 3 is 2.89 bits per heavy atom. The van der Waals surface area contributed by atoms with Crippen molar-refractivity contribution < 1.29 is 4.79 Å². The molecule has 3 heterocycles. The average Bonchev–Trinajstić information content (AvgIpc) is 3.30. The molecule has 5 heteroatoms. The summed E-state index contributed by atoms with van der Waals surface area (Å²) in [5, 5.41) is 1.09. The number of benzene rings is 1. The molecule has 1 aliphatic heterocycles. The Hall–Kier alpha value is -2.56. The summed E-state index contributed by atoms with van der Waals surface area (Å²) in [7, 11) is 0. The normalized spacial score (nSPS) is 20.7. The van der Waals surface area contributed by atoms with Gasteiger partial charge in [0, 0.05) is 48.8 Å². The van der Waals surface area contributed by atoms with E-state index in [0.717, 1.165) is 55.1 Å². The largest absolute Gasteiger partial charge is 0.351 e. The Balaban J connectivity index is 1.33. The van der Waals surface area contributed by atoms with Crippen LogP contribution >= 0.6 is 0 Å². The van der Waals surface area contributed by atoms with Crippen LogP contribution in [0.3, 0.4) is 0 Å². The van der Waals surface area contributed by atoms with Gasteiger partial charge in [0.15, 0.2) is 0 Å². The monoisotopic (exact) mass is 362 g/mol. The van der Waals surface area contributed by atoms with E-state index in [-0.39, 0.29) is 5.91 Å². The van der Waals surface area contributed by atoms with Crippen molar-refractivity contribution >= 4 is 16.8 Å². The summed E-state index contributed by atoms with van der Waals surface area (Å²) in [5.41, 5.74) is 1.71. The van der Waals surface area contributed by atoms with E-state index >= 15 is 0 Å². The van der Waals surface area contributed by atoms with Gasteiger partial charge in [-0.3, -0.25) is 4.79 Å². The van der Waals surface area contributed by atoms with Crippen LogP contribution in [-0.2, 0) is 6.54 Å². The van der Waals surface area contributed by atoms with E-state index in [1.54, 1.807) is 0 Å². The highest BCUT2D eigenvalue weighted by Crippen LogP contribution is 2.31. The lowest BCUT2D eigenvalue weighted by atomic mass is 9.85. The zero-order chi connectivity index (χ0) is 18.2. The maximum atomic E-state index is 13.1. The molecule has 1 aromatic carbocycles. The van der Waals surface area contributed by atoms with Gasteiger partial charge >= 0.3 is 0 Å². The number of carbonyl (C=O) groups is 1. The van der Waals surface area contributed by atoms with Crippen LogP contribution in [-0.4, -0.2) is 38.4 Å². The fourth-order valence-corrected chi connectivity index (χ4v) is 4.52. The number of nitrogens with zero attached hydrogens (tertiary/aromatic N) is 3. The lowest BCUT2D eigenvalue weighted by molar-refractivity contribution is 0.0697. The molecule has 1 atom stereocenters. The van der Waals surface area contributed by atoms with Crippen LogP contribution in [0.15, 0.2) is 42.7 Å². The number of fused-ring (bicyclic) bond motifs is 1. The highest BCUT2D eigenvalue weighted by molar-refractivity contribution is 5.98. The van der Waals surface area contributed by atoms with Crippen LogP contribution < -0.4 is 0 Å². The molecule has 2 fully saturated rings. The fraction of sp³-hybridized carbons (Fsp3) is 0.455. The van der Waals surface area contributed by atoms with Crippen LogP contribution in [0.2, 0.25) is 0 Å². The van der Waals surface area contributed by atoms with Crippen molar-refractivity contribution in [2.24, 2.45) is 5.92 Å². The van der Waals surface area contributed by atoms with Crippen molar-refractivity contribution in [2.45, 2.75) is 44.6 Å². The van der Waals surface area contributed by atoms with Crippen molar-refractivity contribution in [3.63, 3.8) is 0 Å². The van der Waals surface area contributed by atoms with Crippen molar-refractivity contribution in [3.05, 3.63) is 54.2 Å². The van der Waals surface area contributed by atoms with E-state index in [1.807, 2.05) is 41.4 Å². The van der Waals surface area contributed by atoms with Gasteiger partial charge in [-0.2, -0.15) is 0 Å². The van der Waals surface area contributed by atoms with Crippen LogP contribution in [0.1, 0.15) is 54.3 Å². The first kappa shape index (κ1) is 16.6. The number of piperidine rings is 1. The summed E-state index contributed by atoms with van der Waals surface area (Å²) in [5.74, 6) is 2.41. The number of amides is 1. The molecule has 1 saturated heterocycles. The highest BCUT2D eigenvalue weighted by atomic mass is 16.2. The number of hydrogen-bond donors (Lipinski definition) is 1. The second-order valence-corrected chi connectivity index (χ2v) is 8.10. The molecule has 1 amide bonds. The number of carbonyl (C=O) groups excluding carboxylic acids is 1. The molecule has 5 rings (SSSR count). The lowest BCUT2D eigenvalue weighted by Crippen LogP contribution is -2.40. The molecule has 1 saturated carbocycles. The van der Waals surface area contributed by atoms with Gasteiger partial charge in [0.2, 0.25) is 0 Å². The molecule has 2 aliphatic rings. The molecule has 1 aliphatic carbocycles. The smallest absolute Gasteiger partial charge is 0.270 e. The minimum Gasteiger partial charge on any atom is -0.351 e. The second-order valence-electron chi connectivity index (χ2n) is 8.10. The van der Waals surface area contributed by atoms with E-state index in [2.05, 4.69) is 20.7 Å². The number of imidazole rings is 1. The quantitative estimate of drug-likeness (QED) is 0.757. The molecule has 140 valence electrons. The van der Waals surface area contributed by atoms with Crippen LogP contribution in [0.25, 0.3) is 10.9 Å². The maximum absolute atomic E-state index is 13.1. The first-order chi connectivity index (χ1) is 13.3. The molecule has 0 spiro atoms. The first-order valence-corrected chi connectivity index (χ1v) is 10.2. The number of rotatable bonds is 4. The zero-order valence-corrected chi connectivity index (χ0v) is 15.6. The number of aromatic nitrogens is 3. The summed E-state index contributed by atoms with van der Waals surface area (Å²) < 4.78 is 2.34. The van der Waals surface area contributed by atoms with E-state index in [0.29, 0.717) is 11.6 Å². The Kier molecular flexibility index (Phi) is 4.23. The molecule has 27 heavy (non-hydrogen) atoms. The third-order valence-electron chi connectivity index (χ3n) is 6.26. The number of H-pyrrole nitrogens is 1. The lowest BCUT2D eigenvalue weighted by Gasteiger charge is -2.33. The molecule has 1 unspecified atom stereocenters. The predicted octanol–water partition coefficient (Wildman–Crippen LogP) is 4.18. The highest BCUT2D eigenvalue weighted by Gasteiger charge is 2.29. The number of aromatic amines is 1. The van der Waals surface area contributed by atoms with Crippen LogP contribution in [0.5, 0.6) is 0 Å². The second kappa shape index (κ2) is 6.87. The van der Waals surface area contributed by atoms with Gasteiger partial charge in [0.05, 0.1) is 0 Å². The van der Waals surface area contributed by atoms with Gasteiger partial charge in [-0.1, -0.05) is 24.6 Å². The summed E-state index contributed by atoms with van der Waals surface area (Å²) in [4.78, 5) is 23.0. The third kappa shape index (κ3) is 3.15. The zero-order valence-electron chi connectivity index (χ0n) is 15.6. The standard InChI is InChI=1S/C22H26N4O/c27-22(20-13-17-7-1-2-9-19(17)24-20)26-11-4-8-18(15-26)21-23-10-12-25(21)14-16-5-3-6-16/h1-2,7,9-10,12-13,16,18,24H,3-6,8,11,14-15H2. The van der Waals surface area contributed by atoms with Gasteiger partial charge in [-0.05, 0) is 43.7 Å². The molecular weight excluding hydrogens is 336 g/mol. The van der Waals surface area contributed by atoms with E-state index < -0.39 is 0 Å². The van der Waals surface area contributed by atoms with E-state index in [1.165, 1.54) is 19.3 Å². The Bertz CT molecular complexity index is 919. The topological polar surface area (TPSA) is 53.9 Å². The van der Waals surface area contributed by atoms with Crippen LogP contribution in [0, 0.1) is 5.92 Å². The third-order valence-corrected chi connectivity index (χ3v) is 6.26. The van der Waals surface area contributed by atoms with Crippen LogP contribution in [0.4, 0.5) is 0 Å². The molecule has 5 nitrogen and oxygen atoms in total. The van der Waals surface area contributed by atoms with Gasteiger partial charge in [0.1, 0.15) is 11.5 Å². The van der Waals surface area contributed by atoms with Gasteiger partial charge in [0.25, 0.3) is 5.91 Å². The molecule has 2 aromatic heterocycles. The number of likely N-dealkylation sites (tertiary alicyclic amines) is 1. The molecular formula is C22H26N4O. The average molecular weight is 362 g/mol. The summed E-state index contributed by atoms with van der Waals surface area (Å²) >= 11 is 0. The molecule has 3 aromatic rings. The number of nitrogens with one attached hydrogen (secondary N) is 1. The molecule has 0 bridgehead atoms. The minimum atomic E-state index is 0.105. The minimum absolute atomic E-state index is 0.105. The maximum Gasteiger partial charge on any atom is 0.270 e. The summed E-state index contributed by atoms with van der Waals surface area (Å²) in [6, 6.07) is 10.0. The summed E-state index contributed by atoms with van der Waals surface area (Å²) in [6.07, 6.45) is 10.2. The van der Waals surface area contributed by atoms with Gasteiger partial charge < -0.3 is 14.5 Å². The molecule has 0 radical (unpaired) electrons. The van der Waals surface area contributed by atoms with Gasteiger partial charge in [-0.15, -0.1) is 0 Å². The number of para-hydroxylation sites is 1. The summed E-state index contributed by atoms with van der Waals surface area (Å²) in [6.45, 7) is 2.67. The SMILES string of the molecule is O=C(c1cc2ccccc2[nH]1)N1CCCC(c2nccn2CC2CCC2)C1. The molecule has 1 N–H and O–H groups in total. The van der Waals surface area contributed by atoms with E-state index in [9.17, 15) is 4.79 Å². The fourth-order valence-electron chi connectivity index (χ4n) is 4.52. The Labute approximate surface area is 159 Å². The predicted molar refractivity (Wildman–Crippen MR) is 106 cm³/mol. The van der Waals surface area contributed by atoms with Crippen molar-refractivity contribution in [2.75, 3.05) is 13.1 Å². The number of hydrogen-bond acceptors (Lipinski definition) is 2. The Morgan fingerprint density at radius 2 is 2.07 bits per heavy atom. The first-order valence-electron chi connectivity index (χ1n) is 10.2. The van der Waals surface area contributed by atoms with Gasteiger partial charge in [-0.25, -0.2) is 4.98 Å². The van der Waals surface area contributed by atoms with Crippen molar-refractivity contribution in [3.8, 4) is 0 Å². The van der Waals surface area contributed by atoms with Crippen molar-refractivity contribution in [1.82, 2.24) is 19.4 Å². The Morgan fingerprint density at radius 1 is 1.19 bits per heavy atom. The van der Waals surface area contributed by atoms with E-state index in [4.69, 9.17) is 0 Å².